The molecular formula is C42H54N8O11. The number of aromatic hydroxyl groups is 1. The number of phenols is 1. The molecule has 3 saturated heterocycles. The summed E-state index contributed by atoms with van der Waals surface area (Å²) in [5, 5.41) is 34.8. The van der Waals surface area contributed by atoms with Gasteiger partial charge in [-0.3, -0.25) is 43.2 Å². The van der Waals surface area contributed by atoms with Crippen LogP contribution in [0, 0.1) is 5.92 Å². The van der Waals surface area contributed by atoms with E-state index in [0.29, 0.717) is 24.0 Å². The van der Waals surface area contributed by atoms with Crippen molar-refractivity contribution in [2.24, 2.45) is 5.92 Å². The van der Waals surface area contributed by atoms with Gasteiger partial charge in [-0.1, -0.05) is 56.3 Å². The molecule has 0 aromatic heterocycles. The Kier molecular flexibility index (Phi) is 15.8. The number of rotatable bonds is 8. The Labute approximate surface area is 352 Å². The van der Waals surface area contributed by atoms with Gasteiger partial charge in [-0.05, 0) is 61.3 Å². The van der Waals surface area contributed by atoms with Crippen LogP contribution in [0.2, 0.25) is 0 Å². The minimum Gasteiger partial charge on any atom is -0.508 e. The molecule has 328 valence electrons. The molecule has 3 fully saturated rings. The number of phenolic OH excluding ortho intramolecular Hbond substituents is 1. The molecule has 2 aromatic carbocycles. The summed E-state index contributed by atoms with van der Waals surface area (Å²) in [5.41, 5.74) is 1.26. The zero-order chi connectivity index (χ0) is 44.2. The highest BCUT2D eigenvalue weighted by Gasteiger charge is 2.41. The van der Waals surface area contributed by atoms with Crippen LogP contribution in [-0.2, 0) is 56.0 Å². The van der Waals surface area contributed by atoms with Crippen molar-refractivity contribution in [2.75, 3.05) is 26.2 Å². The van der Waals surface area contributed by atoms with Gasteiger partial charge < -0.3 is 51.9 Å². The maximum Gasteiger partial charge on any atom is 0.305 e. The smallest absolute Gasteiger partial charge is 0.305 e. The average molecular weight is 847 g/mol. The summed E-state index contributed by atoms with van der Waals surface area (Å²) < 4.78 is 0. The van der Waals surface area contributed by atoms with Gasteiger partial charge in [0.05, 0.1) is 19.5 Å². The highest BCUT2D eigenvalue weighted by molar-refractivity contribution is 5.98. The van der Waals surface area contributed by atoms with Crippen molar-refractivity contribution in [1.82, 2.24) is 41.7 Å². The van der Waals surface area contributed by atoms with E-state index in [1.165, 1.54) is 21.9 Å². The lowest BCUT2D eigenvalue weighted by molar-refractivity contribution is -0.143. The molecule has 0 bridgehead atoms. The number of amides is 8. The molecule has 3 aliphatic heterocycles. The number of nitrogens with zero attached hydrogens (tertiary/aromatic N) is 2. The minimum atomic E-state index is -1.64. The molecule has 0 aliphatic carbocycles. The first-order valence-electron chi connectivity index (χ1n) is 20.5. The van der Waals surface area contributed by atoms with Gasteiger partial charge in [0, 0.05) is 25.9 Å². The third-order valence-corrected chi connectivity index (χ3v) is 10.8. The first-order chi connectivity index (χ1) is 29.1. The van der Waals surface area contributed by atoms with Crippen molar-refractivity contribution in [3.05, 3.63) is 65.7 Å². The molecule has 3 aliphatic rings. The van der Waals surface area contributed by atoms with Crippen LogP contribution >= 0.6 is 0 Å². The van der Waals surface area contributed by atoms with Crippen LogP contribution in [0.25, 0.3) is 0 Å². The molecule has 0 unspecified atom stereocenters. The van der Waals surface area contributed by atoms with Crippen LogP contribution in [0.5, 0.6) is 5.75 Å². The van der Waals surface area contributed by atoms with Crippen LogP contribution in [-0.4, -0.2) is 136 Å². The monoisotopic (exact) mass is 846 g/mol. The highest BCUT2D eigenvalue weighted by Crippen LogP contribution is 2.22. The quantitative estimate of drug-likeness (QED) is 0.157. The Hall–Kier alpha value is -6.53. The zero-order valence-corrected chi connectivity index (χ0v) is 34.2. The second kappa shape index (κ2) is 21.1. The number of fused-ring (bicyclic) bond motifs is 2. The molecule has 6 atom stereocenters. The van der Waals surface area contributed by atoms with Crippen LogP contribution in [0.1, 0.15) is 63.5 Å². The molecule has 8 amide bonds. The van der Waals surface area contributed by atoms with E-state index in [4.69, 9.17) is 0 Å². The van der Waals surface area contributed by atoms with Gasteiger partial charge in [0.15, 0.2) is 0 Å². The Morgan fingerprint density at radius 3 is 1.82 bits per heavy atom. The summed E-state index contributed by atoms with van der Waals surface area (Å²) in [7, 11) is 0. The molecule has 19 nitrogen and oxygen atoms in total. The van der Waals surface area contributed by atoms with Crippen LogP contribution in [0.4, 0.5) is 0 Å². The first-order valence-corrected chi connectivity index (χ1v) is 20.5. The number of nitrogens with one attached hydrogen (secondary N) is 6. The summed E-state index contributed by atoms with van der Waals surface area (Å²) in [5.74, 6) is -7.50. The van der Waals surface area contributed by atoms with E-state index < -0.39 is 109 Å². The molecule has 8 N–H and O–H groups in total. The number of carbonyl (C=O) groups is 9. The van der Waals surface area contributed by atoms with E-state index in [1.54, 1.807) is 42.5 Å². The molecule has 0 radical (unpaired) electrons. The van der Waals surface area contributed by atoms with Crippen LogP contribution in [0.15, 0.2) is 54.6 Å². The number of carboxylic acids is 1. The summed E-state index contributed by atoms with van der Waals surface area (Å²) in [6.07, 6.45) is 0.502. The van der Waals surface area contributed by atoms with Crippen molar-refractivity contribution in [2.45, 2.75) is 101 Å². The predicted octanol–water partition coefficient (Wildman–Crippen LogP) is -1.13. The number of hydrogen-bond acceptors (Lipinski definition) is 10. The van der Waals surface area contributed by atoms with Gasteiger partial charge in [0.25, 0.3) is 0 Å². The second-order valence-electron chi connectivity index (χ2n) is 16.0. The fraction of sp³-hybridized carbons (Fsp3) is 0.500. The Balaban J connectivity index is 1.48. The lowest BCUT2D eigenvalue weighted by atomic mass is 10.0. The molecule has 19 heteroatoms. The van der Waals surface area contributed by atoms with E-state index >= 15 is 0 Å². The maximum atomic E-state index is 14.5. The minimum absolute atomic E-state index is 0.0224. The Morgan fingerprint density at radius 2 is 1.18 bits per heavy atom. The topological polar surface area (TPSA) is 273 Å². The molecule has 2 aromatic rings. The van der Waals surface area contributed by atoms with Gasteiger partial charge in [-0.15, -0.1) is 0 Å². The second-order valence-corrected chi connectivity index (χ2v) is 16.0. The number of aliphatic carboxylic acids is 1. The van der Waals surface area contributed by atoms with Crippen LogP contribution in [0.3, 0.4) is 0 Å². The third kappa shape index (κ3) is 12.7. The van der Waals surface area contributed by atoms with Gasteiger partial charge in [-0.25, -0.2) is 0 Å². The van der Waals surface area contributed by atoms with Crippen LogP contribution < -0.4 is 31.9 Å². The number of carbonyl (C=O) groups excluding carboxylic acids is 8. The maximum absolute atomic E-state index is 14.5. The summed E-state index contributed by atoms with van der Waals surface area (Å²) >= 11 is 0. The first kappa shape index (κ1) is 45.6. The summed E-state index contributed by atoms with van der Waals surface area (Å²) in [6, 6.07) is 7.41. The third-order valence-electron chi connectivity index (χ3n) is 10.8. The van der Waals surface area contributed by atoms with Crippen molar-refractivity contribution in [3.63, 3.8) is 0 Å². The van der Waals surface area contributed by atoms with E-state index in [1.807, 2.05) is 13.8 Å². The highest BCUT2D eigenvalue weighted by atomic mass is 16.4. The molecule has 0 spiro atoms. The van der Waals surface area contributed by atoms with Crippen molar-refractivity contribution < 1.29 is 53.4 Å². The molecule has 5 rings (SSSR count). The largest absolute Gasteiger partial charge is 0.508 e. The van der Waals surface area contributed by atoms with E-state index in [2.05, 4.69) is 31.9 Å². The van der Waals surface area contributed by atoms with E-state index in [0.717, 1.165) is 0 Å². The fourth-order valence-electron chi connectivity index (χ4n) is 7.79. The van der Waals surface area contributed by atoms with Gasteiger partial charge >= 0.3 is 5.97 Å². The van der Waals surface area contributed by atoms with E-state index in [9.17, 15) is 53.4 Å². The molecule has 61 heavy (non-hydrogen) atoms. The zero-order valence-electron chi connectivity index (χ0n) is 34.2. The fourth-order valence-corrected chi connectivity index (χ4v) is 7.79. The number of carboxylic acid groups (broad SMARTS) is 1. The van der Waals surface area contributed by atoms with E-state index in [-0.39, 0.29) is 56.9 Å². The number of benzene rings is 2. The van der Waals surface area contributed by atoms with Gasteiger partial charge in [0.2, 0.25) is 47.3 Å². The Morgan fingerprint density at radius 1 is 0.639 bits per heavy atom. The average Bonchev–Trinajstić information content (AvgIpc) is 3.92. The van der Waals surface area contributed by atoms with Crippen molar-refractivity contribution in [3.8, 4) is 5.75 Å². The lowest BCUT2D eigenvalue weighted by Crippen LogP contribution is -2.59. The Bertz CT molecular complexity index is 1960. The SMILES string of the molecule is CC(C)C[C@@H]1NC(=O)CNC(=O)[C@H](CC(=O)O)NC(=O)[C@@H]2CCCN2C(=O)CNC(=O)[C@H](Cc2ccc(O)cc2)NC(=O)[C@@H]2CCCN2C(=O)[C@H](Cc2ccccc2)NC1=O. The summed E-state index contributed by atoms with van der Waals surface area (Å²) in [6.45, 7) is 2.66. The molecule has 0 saturated carbocycles. The van der Waals surface area contributed by atoms with Crippen molar-refractivity contribution in [1.29, 1.82) is 0 Å². The van der Waals surface area contributed by atoms with Crippen molar-refractivity contribution >= 4 is 53.2 Å². The lowest BCUT2D eigenvalue weighted by Gasteiger charge is -2.31. The normalized spacial score (nSPS) is 25.3. The van der Waals surface area contributed by atoms with Gasteiger partial charge in [0.1, 0.15) is 42.0 Å². The standard InChI is InChI=1S/C42H54N8O11/c1-24(2)18-28-39(58)48-31(20-25-8-4-3-5-9-25)42(61)50-17-7-11-33(50)41(60)46-29(19-26-12-14-27(51)15-13-26)37(56)44-23-35(53)49-16-6-10-32(49)40(59)47-30(21-36(54)55)38(57)43-22-34(52)45-28/h3-5,8-9,12-15,24,28-33,51H,6-7,10-11,16-23H2,1-2H3,(H,43,57)(H,44,56)(H,45,52)(H,46,60)(H,47,59)(H,48,58)(H,54,55)/t28-,29-,30-,31-,32-,33-/m0/s1. The molecule has 3 heterocycles. The number of hydrogen-bond donors (Lipinski definition) is 8. The molecular weight excluding hydrogens is 793 g/mol. The predicted molar refractivity (Wildman–Crippen MR) is 217 cm³/mol. The summed E-state index contributed by atoms with van der Waals surface area (Å²) in [4.78, 5) is 124. The van der Waals surface area contributed by atoms with Gasteiger partial charge in [-0.2, -0.15) is 0 Å².